The van der Waals surface area contributed by atoms with Crippen LogP contribution in [0.3, 0.4) is 0 Å². The molecule has 1 aliphatic heterocycles. The van der Waals surface area contributed by atoms with Crippen LogP contribution in [0, 0.1) is 23.7 Å². The smallest absolute Gasteiger partial charge is 0.337 e. The van der Waals surface area contributed by atoms with E-state index >= 15 is 0 Å². The van der Waals surface area contributed by atoms with Crippen LogP contribution in [0.15, 0.2) is 29.8 Å². The number of hydrogen-bond donors (Lipinski definition) is 2. The third-order valence-corrected chi connectivity index (χ3v) is 7.34. The van der Waals surface area contributed by atoms with Gasteiger partial charge in [-0.1, -0.05) is 25.5 Å². The van der Waals surface area contributed by atoms with E-state index in [1.807, 2.05) is 12.1 Å². The van der Waals surface area contributed by atoms with Gasteiger partial charge in [-0.15, -0.1) is 0 Å². The van der Waals surface area contributed by atoms with E-state index in [1.54, 1.807) is 6.07 Å². The fourth-order valence-electron chi connectivity index (χ4n) is 5.35. The summed E-state index contributed by atoms with van der Waals surface area (Å²) in [6.45, 7) is 9.80. The molecule has 2 aliphatic rings. The third kappa shape index (κ3) is 5.24. The maximum atomic E-state index is 11.8. The van der Waals surface area contributed by atoms with Crippen LogP contribution in [-0.4, -0.2) is 48.8 Å². The Morgan fingerprint density at radius 3 is 2.81 bits per heavy atom. The topological polar surface area (TPSA) is 76.2 Å². The zero-order valence-electron chi connectivity index (χ0n) is 19.8. The average Bonchev–Trinajstić information content (AvgIpc) is 3.20. The molecule has 3 atom stereocenters. The fourth-order valence-corrected chi connectivity index (χ4v) is 5.35. The van der Waals surface area contributed by atoms with E-state index in [2.05, 4.69) is 37.1 Å². The number of imidazole rings is 1. The van der Waals surface area contributed by atoms with Crippen LogP contribution < -0.4 is 5.32 Å². The van der Waals surface area contributed by atoms with Crippen molar-refractivity contribution in [3.8, 4) is 0 Å². The molecule has 0 spiro atoms. The van der Waals surface area contributed by atoms with E-state index in [4.69, 9.17) is 14.5 Å². The van der Waals surface area contributed by atoms with Crippen molar-refractivity contribution in [2.75, 3.05) is 26.9 Å². The van der Waals surface area contributed by atoms with Gasteiger partial charge < -0.3 is 19.8 Å². The Balaban J connectivity index is 1.46. The first kappa shape index (κ1) is 23.0. The summed E-state index contributed by atoms with van der Waals surface area (Å²) in [6, 6.07) is 6.08. The normalized spacial score (nSPS) is 24.7. The van der Waals surface area contributed by atoms with Crippen LogP contribution >= 0.6 is 0 Å². The molecule has 0 amide bonds. The highest BCUT2D eigenvalue weighted by Crippen LogP contribution is 2.38. The van der Waals surface area contributed by atoms with Crippen molar-refractivity contribution < 1.29 is 14.3 Å². The lowest BCUT2D eigenvalue weighted by atomic mass is 9.69. The molecule has 1 aliphatic carbocycles. The number of nitrogens with zero attached hydrogens (tertiary/aromatic N) is 1. The average molecular weight is 440 g/mol. The van der Waals surface area contributed by atoms with Crippen LogP contribution in [0.25, 0.3) is 11.0 Å². The number of carbonyl (C=O) groups excluding carboxylic acids is 1. The molecule has 32 heavy (non-hydrogen) atoms. The van der Waals surface area contributed by atoms with Crippen LogP contribution in [0.2, 0.25) is 0 Å². The van der Waals surface area contributed by atoms with Gasteiger partial charge in [-0.25, -0.2) is 9.78 Å². The van der Waals surface area contributed by atoms with Gasteiger partial charge in [-0.3, -0.25) is 0 Å². The number of aromatic amines is 1. The maximum absolute atomic E-state index is 11.8. The molecular formula is C26H37N3O3. The number of ether oxygens (including phenoxy) is 2. The molecule has 2 heterocycles. The number of rotatable bonds is 7. The summed E-state index contributed by atoms with van der Waals surface area (Å²) < 4.78 is 10.3. The van der Waals surface area contributed by atoms with Crippen molar-refractivity contribution in [2.24, 2.45) is 23.7 Å². The van der Waals surface area contributed by atoms with Crippen molar-refractivity contribution >= 4 is 17.0 Å². The van der Waals surface area contributed by atoms with Gasteiger partial charge in [-0.2, -0.15) is 0 Å². The summed E-state index contributed by atoms with van der Waals surface area (Å²) in [5, 5.41) is 3.82. The lowest BCUT2D eigenvalue weighted by molar-refractivity contribution is 0.0601. The SMILES string of the molecule is COC(=O)c1ccc2nc(C[C@@H]3C[C@@H](C(C)C)[C@H](CNC4CCOCC4)C=C3C)[nH]c2c1. The minimum absolute atomic E-state index is 0.325. The Morgan fingerprint density at radius 1 is 1.31 bits per heavy atom. The van der Waals surface area contributed by atoms with Crippen molar-refractivity contribution in [1.82, 2.24) is 15.3 Å². The maximum Gasteiger partial charge on any atom is 0.337 e. The lowest BCUT2D eigenvalue weighted by Crippen LogP contribution is -2.41. The van der Waals surface area contributed by atoms with E-state index in [0.717, 1.165) is 55.9 Å². The minimum atomic E-state index is -0.325. The van der Waals surface area contributed by atoms with E-state index in [0.29, 0.717) is 35.3 Å². The molecule has 0 radical (unpaired) electrons. The first-order valence-corrected chi connectivity index (χ1v) is 12.0. The van der Waals surface area contributed by atoms with Crippen LogP contribution in [0.4, 0.5) is 0 Å². The fraction of sp³-hybridized carbons (Fsp3) is 0.615. The number of nitrogens with one attached hydrogen (secondary N) is 2. The molecule has 1 aromatic carbocycles. The van der Waals surface area contributed by atoms with Crippen molar-refractivity contribution in [2.45, 2.75) is 52.5 Å². The molecule has 1 saturated heterocycles. The highest BCUT2D eigenvalue weighted by molar-refractivity contribution is 5.93. The Morgan fingerprint density at radius 2 is 2.09 bits per heavy atom. The Labute approximate surface area is 191 Å². The number of methoxy groups -OCH3 is 1. The molecular weight excluding hydrogens is 402 g/mol. The molecule has 6 heteroatoms. The molecule has 0 unspecified atom stereocenters. The van der Waals surface area contributed by atoms with Crippen molar-refractivity contribution in [1.29, 1.82) is 0 Å². The largest absolute Gasteiger partial charge is 0.465 e. The molecule has 0 bridgehead atoms. The molecule has 1 fully saturated rings. The number of carbonyl (C=O) groups is 1. The molecule has 174 valence electrons. The van der Waals surface area contributed by atoms with Crippen LogP contribution in [0.1, 0.15) is 56.2 Å². The summed E-state index contributed by atoms with van der Waals surface area (Å²) in [4.78, 5) is 20.1. The summed E-state index contributed by atoms with van der Waals surface area (Å²) in [7, 11) is 1.40. The second kappa shape index (κ2) is 10.2. The number of allylic oxidation sites excluding steroid dienone is 1. The number of benzene rings is 1. The van der Waals surface area contributed by atoms with Gasteiger partial charge in [0, 0.05) is 32.2 Å². The van der Waals surface area contributed by atoms with Gasteiger partial charge in [0.15, 0.2) is 0 Å². The highest BCUT2D eigenvalue weighted by Gasteiger charge is 2.32. The first-order valence-electron chi connectivity index (χ1n) is 12.0. The zero-order chi connectivity index (χ0) is 22.7. The number of esters is 1. The van der Waals surface area contributed by atoms with E-state index in [-0.39, 0.29) is 5.97 Å². The summed E-state index contributed by atoms with van der Waals surface area (Å²) in [5.74, 6) is 3.03. The number of H-pyrrole nitrogens is 1. The molecule has 2 N–H and O–H groups in total. The van der Waals surface area contributed by atoms with Gasteiger partial charge in [0.25, 0.3) is 0 Å². The van der Waals surface area contributed by atoms with Gasteiger partial charge >= 0.3 is 5.97 Å². The quantitative estimate of drug-likeness (QED) is 0.490. The Hall–Kier alpha value is -2.18. The van der Waals surface area contributed by atoms with E-state index in [1.165, 1.54) is 19.1 Å². The molecule has 4 rings (SSSR count). The van der Waals surface area contributed by atoms with Gasteiger partial charge in [0.05, 0.1) is 23.7 Å². The van der Waals surface area contributed by atoms with Gasteiger partial charge in [-0.05, 0) is 68.1 Å². The number of hydrogen-bond acceptors (Lipinski definition) is 5. The third-order valence-electron chi connectivity index (χ3n) is 7.34. The predicted octanol–water partition coefficient (Wildman–Crippen LogP) is 4.52. The van der Waals surface area contributed by atoms with Gasteiger partial charge in [0.2, 0.25) is 0 Å². The van der Waals surface area contributed by atoms with Crippen LogP contribution in [0.5, 0.6) is 0 Å². The van der Waals surface area contributed by atoms with Crippen molar-refractivity contribution in [3.63, 3.8) is 0 Å². The van der Waals surface area contributed by atoms with Crippen molar-refractivity contribution in [3.05, 3.63) is 41.2 Å². The van der Waals surface area contributed by atoms with E-state index < -0.39 is 0 Å². The Kier molecular flexibility index (Phi) is 7.31. The summed E-state index contributed by atoms with van der Waals surface area (Å²) in [5.41, 5.74) is 3.79. The zero-order valence-corrected chi connectivity index (χ0v) is 19.8. The Bertz CT molecular complexity index is 958. The predicted molar refractivity (Wildman–Crippen MR) is 127 cm³/mol. The summed E-state index contributed by atoms with van der Waals surface area (Å²) >= 11 is 0. The number of aromatic nitrogens is 2. The monoisotopic (exact) mass is 439 g/mol. The second-order valence-electron chi connectivity index (χ2n) is 9.82. The standard InChI is InChI=1S/C26H37N3O3/c1-16(2)22-12-19(17(3)11-20(22)15-27-21-7-9-32-10-8-21)14-25-28-23-6-5-18(26(30)31-4)13-24(23)29-25/h5-6,11,13,16,19-22,27H,7-10,12,14-15H2,1-4H3,(H,28,29)/t19-,20-,22-/m0/s1. The second-order valence-corrected chi connectivity index (χ2v) is 9.82. The van der Waals surface area contributed by atoms with E-state index in [9.17, 15) is 4.79 Å². The minimum Gasteiger partial charge on any atom is -0.465 e. The summed E-state index contributed by atoms with van der Waals surface area (Å²) in [6.07, 6.45) is 6.84. The number of fused-ring (bicyclic) bond motifs is 1. The first-order chi connectivity index (χ1) is 15.4. The molecule has 1 aromatic heterocycles. The molecule has 0 saturated carbocycles. The van der Waals surface area contributed by atoms with Crippen LogP contribution in [-0.2, 0) is 15.9 Å². The molecule has 6 nitrogen and oxygen atoms in total. The van der Waals surface area contributed by atoms with Gasteiger partial charge in [0.1, 0.15) is 5.82 Å². The lowest BCUT2D eigenvalue weighted by Gasteiger charge is -2.38. The highest BCUT2D eigenvalue weighted by atomic mass is 16.5. The molecule has 2 aromatic rings.